The first kappa shape index (κ1) is 65.8. The van der Waals surface area contributed by atoms with Gasteiger partial charge >= 0.3 is 0 Å². The van der Waals surface area contributed by atoms with Crippen LogP contribution in [0.25, 0.3) is 0 Å². The van der Waals surface area contributed by atoms with E-state index in [9.17, 15) is 12.6 Å². The molecule has 0 saturated heterocycles. The lowest BCUT2D eigenvalue weighted by molar-refractivity contribution is 0.451. The van der Waals surface area contributed by atoms with E-state index in [-0.39, 0.29) is 44.6 Å². The molecule has 0 spiro atoms. The molecule has 0 N–H and O–H groups in total. The Bertz CT molecular complexity index is 2650. The maximum Gasteiger partial charge on any atom is 0.181 e. The van der Waals surface area contributed by atoms with E-state index in [0.717, 1.165) is 34.5 Å². The average Bonchev–Trinajstić information content (AvgIpc) is 4.15. The molecule has 0 radical (unpaired) electrons. The minimum absolute atomic E-state index is 0. The smallest absolute Gasteiger partial charge is 0.181 e. The molecule has 0 saturated carbocycles. The fraction of sp³-hybridized carbons (Fsp3) is 0.455. The van der Waals surface area contributed by atoms with Crippen molar-refractivity contribution in [3.63, 3.8) is 0 Å². The van der Waals surface area contributed by atoms with Crippen molar-refractivity contribution in [3.8, 4) is 0 Å². The summed E-state index contributed by atoms with van der Waals surface area (Å²) in [4.78, 5) is 3.07. The van der Waals surface area contributed by atoms with Crippen LogP contribution in [0.1, 0.15) is 194 Å². The maximum absolute atomic E-state index is 12.7. The van der Waals surface area contributed by atoms with Crippen LogP contribution in [0.5, 0.6) is 0 Å². The zero-order chi connectivity index (χ0) is 51.0. The molecule has 3 aliphatic heterocycles. The number of benzene rings is 6. The summed E-state index contributed by atoms with van der Waals surface area (Å²) >= 11 is 2.06. The number of sulfone groups is 1. The van der Waals surface area contributed by atoms with Gasteiger partial charge in [-0.2, -0.15) is 0 Å². The first-order valence-corrected chi connectivity index (χ1v) is 30.2. The van der Waals surface area contributed by atoms with E-state index < -0.39 is 20.6 Å². The normalized spacial score (nSPS) is 24.0. The molecule has 3 heterocycles. The Kier molecular flexibility index (Phi) is 28.8. The van der Waals surface area contributed by atoms with Crippen molar-refractivity contribution in [1.82, 2.24) is 0 Å². The van der Waals surface area contributed by atoms with Gasteiger partial charge in [0, 0.05) is 38.0 Å². The number of hydrogen-bond acceptors (Lipinski definition) is 4. The molecule has 3 aliphatic carbocycles. The third-order valence-corrected chi connectivity index (χ3v) is 19.5. The first-order valence-electron chi connectivity index (χ1n) is 26.5. The summed E-state index contributed by atoms with van der Waals surface area (Å²) in [7, 11) is -4.05. The van der Waals surface area contributed by atoms with Gasteiger partial charge < -0.3 is 0 Å². The predicted octanol–water partition coefficient (Wildman–Crippen LogP) is 19.2. The second kappa shape index (κ2) is 31.5. The molecule has 6 aromatic carbocycles. The Morgan fingerprint density at radius 1 is 0.417 bits per heavy atom. The van der Waals surface area contributed by atoms with Gasteiger partial charge in [-0.05, 0) is 112 Å². The van der Waals surface area contributed by atoms with Gasteiger partial charge in [-0.3, -0.25) is 4.21 Å². The fourth-order valence-corrected chi connectivity index (χ4v) is 16.1. The summed E-state index contributed by atoms with van der Waals surface area (Å²) in [5.41, 5.74) is 12.5. The van der Waals surface area contributed by atoms with E-state index in [0.29, 0.717) is 22.6 Å². The van der Waals surface area contributed by atoms with Gasteiger partial charge in [0.1, 0.15) is 0 Å². The average molecular weight is 1030 g/mol. The Hall–Kier alpha value is -4.23. The van der Waals surface area contributed by atoms with Crippen LogP contribution in [-0.4, -0.2) is 28.4 Å². The summed E-state index contributed by atoms with van der Waals surface area (Å²) in [5.74, 6) is 2.76. The molecular weight excluding hydrogens is 937 g/mol. The zero-order valence-corrected chi connectivity index (χ0v) is 47.1. The second-order valence-electron chi connectivity index (χ2n) is 16.8. The van der Waals surface area contributed by atoms with Crippen molar-refractivity contribution in [3.05, 3.63) is 196 Å². The highest BCUT2D eigenvalue weighted by molar-refractivity contribution is 8.00. The van der Waals surface area contributed by atoms with Crippen LogP contribution < -0.4 is 0 Å². The van der Waals surface area contributed by atoms with Crippen molar-refractivity contribution in [2.45, 2.75) is 194 Å². The van der Waals surface area contributed by atoms with E-state index in [2.05, 4.69) is 129 Å². The molecule has 12 rings (SSSR count). The monoisotopic (exact) mass is 1030 g/mol. The zero-order valence-electron chi connectivity index (χ0n) is 44.6. The molecule has 0 amide bonds. The van der Waals surface area contributed by atoms with E-state index in [1.807, 2.05) is 126 Å². The van der Waals surface area contributed by atoms with Crippen LogP contribution in [0.4, 0.5) is 0 Å². The van der Waals surface area contributed by atoms with Crippen LogP contribution in [0.3, 0.4) is 0 Å². The molecule has 0 aromatic heterocycles. The van der Waals surface area contributed by atoms with E-state index in [1.165, 1.54) is 39.1 Å². The van der Waals surface area contributed by atoms with Gasteiger partial charge in [0.15, 0.2) is 9.84 Å². The van der Waals surface area contributed by atoms with Crippen molar-refractivity contribution >= 4 is 32.4 Å². The van der Waals surface area contributed by atoms with Crippen LogP contribution >= 0.6 is 11.8 Å². The molecule has 72 heavy (non-hydrogen) atoms. The molecule has 6 heteroatoms. The highest BCUT2D eigenvalue weighted by Gasteiger charge is 2.48. The predicted molar refractivity (Wildman–Crippen MR) is 322 cm³/mol. The lowest BCUT2D eigenvalue weighted by Gasteiger charge is -2.33. The Morgan fingerprint density at radius 3 is 1.26 bits per heavy atom. The number of thioether (sulfide) groups is 1. The van der Waals surface area contributed by atoms with E-state index in [1.54, 1.807) is 22.8 Å². The minimum Gasteiger partial charge on any atom is -0.254 e. The van der Waals surface area contributed by atoms with Crippen molar-refractivity contribution < 1.29 is 12.6 Å². The molecular formula is C66H96O3S3. The van der Waals surface area contributed by atoms with Gasteiger partial charge in [0.25, 0.3) is 0 Å². The summed E-state index contributed by atoms with van der Waals surface area (Å²) in [6.07, 6.45) is 3.20. The molecule has 396 valence electrons. The summed E-state index contributed by atoms with van der Waals surface area (Å²) < 4.78 is 38.0. The number of fused-ring (bicyclic) bond motifs is 15. The van der Waals surface area contributed by atoms with Crippen molar-refractivity contribution in [2.75, 3.05) is 0 Å². The molecule has 6 aromatic rings. The van der Waals surface area contributed by atoms with Crippen molar-refractivity contribution in [1.29, 1.82) is 0 Å². The Balaban J connectivity index is 0.000000480. The third kappa shape index (κ3) is 13.0. The Labute approximate surface area is 449 Å². The molecule has 0 fully saturated rings. The van der Waals surface area contributed by atoms with Gasteiger partial charge in [-0.1, -0.05) is 247 Å². The second-order valence-corrected chi connectivity index (χ2v) is 22.3. The quantitative estimate of drug-likeness (QED) is 0.152. The molecule has 10 atom stereocenters. The maximum atomic E-state index is 12.7. The Morgan fingerprint density at radius 2 is 0.764 bits per heavy atom. The van der Waals surface area contributed by atoms with Gasteiger partial charge in [0.05, 0.1) is 20.9 Å². The lowest BCUT2D eigenvalue weighted by Crippen LogP contribution is -2.35. The SMILES string of the molecule is C.C.C.CC.CC.CC.CC.CC.CC.CC1C2Cc3ccccc3C2c2ccccc2S1(=O)=O.CC1C2Cc3ccccc3C2c2ccccc2S1=O.CC1Sc2ccccc2C2c3ccccc3CC12. The molecule has 10 unspecified atom stereocenters. The highest BCUT2D eigenvalue weighted by Crippen LogP contribution is 2.55. The van der Waals surface area contributed by atoms with Crippen LogP contribution in [0, 0.1) is 17.8 Å². The van der Waals surface area contributed by atoms with Crippen LogP contribution in [-0.2, 0) is 39.9 Å². The minimum atomic E-state index is -3.19. The lowest BCUT2D eigenvalue weighted by atomic mass is 9.83. The first-order chi connectivity index (χ1) is 33.7. The highest BCUT2D eigenvalue weighted by atomic mass is 32.2. The molecule has 3 nitrogen and oxygen atoms in total. The van der Waals surface area contributed by atoms with E-state index >= 15 is 0 Å². The summed E-state index contributed by atoms with van der Waals surface area (Å²) in [6, 6.07) is 50.9. The topological polar surface area (TPSA) is 51.2 Å². The summed E-state index contributed by atoms with van der Waals surface area (Å²) in [5, 5.41) is 0.652. The van der Waals surface area contributed by atoms with E-state index in [4.69, 9.17) is 0 Å². The van der Waals surface area contributed by atoms with Gasteiger partial charge in [-0.25, -0.2) is 8.42 Å². The molecule has 0 bridgehead atoms. The van der Waals surface area contributed by atoms with Gasteiger partial charge in [-0.15, -0.1) is 11.8 Å². The summed E-state index contributed by atoms with van der Waals surface area (Å²) in [6.45, 7) is 30.4. The molecule has 6 aliphatic rings. The van der Waals surface area contributed by atoms with Crippen LogP contribution in [0.15, 0.2) is 160 Å². The number of hydrogen-bond donors (Lipinski definition) is 0. The fourth-order valence-electron chi connectivity index (χ4n) is 11.2. The largest absolute Gasteiger partial charge is 0.254 e. The van der Waals surface area contributed by atoms with Gasteiger partial charge in [0.2, 0.25) is 0 Å². The van der Waals surface area contributed by atoms with Crippen molar-refractivity contribution in [2.24, 2.45) is 17.8 Å². The third-order valence-electron chi connectivity index (χ3n) is 14.1. The standard InChI is InChI=1S/C17H16O2S.C17H16OS.C17H16S.6C2H6.3CH4/c1-11-15-10-12-6-2-3-7-13(12)17(15)14-8-4-5-9-16(14)20(11,18)19;1-11-15-10-12-6-2-3-7-13(12)17(15)14-8-4-5-9-16(14)19(11)18;1-11-15-10-12-6-2-3-7-13(12)17(15)14-8-4-5-9-16(14)18-11;6*1-2;;;/h2-9,11,15,17H,10H2,1H3;2-9,11,15,17H,10H2,1H3;2-9,11,15,17H,10H2,1H3;6*1-2H3;3*1H4. The van der Waals surface area contributed by atoms with Crippen LogP contribution in [0.2, 0.25) is 0 Å². The number of rotatable bonds is 0.